The Morgan fingerprint density at radius 1 is 0.964 bits per heavy atom. The van der Waals surface area contributed by atoms with Gasteiger partial charge in [0.1, 0.15) is 5.82 Å². The predicted molar refractivity (Wildman–Crippen MR) is 105 cm³/mol. The van der Waals surface area contributed by atoms with Crippen LogP contribution >= 0.6 is 0 Å². The summed E-state index contributed by atoms with van der Waals surface area (Å²) < 4.78 is 40.0. The zero-order chi connectivity index (χ0) is 20.0. The highest BCUT2D eigenvalue weighted by atomic mass is 32.2. The van der Waals surface area contributed by atoms with Gasteiger partial charge in [0.25, 0.3) is 0 Å². The van der Waals surface area contributed by atoms with E-state index in [1.54, 1.807) is 0 Å². The van der Waals surface area contributed by atoms with Crippen molar-refractivity contribution in [3.63, 3.8) is 0 Å². The Kier molecular flexibility index (Phi) is 6.77. The van der Waals surface area contributed by atoms with Crippen molar-refractivity contribution in [3.05, 3.63) is 66.0 Å². The van der Waals surface area contributed by atoms with E-state index in [0.717, 1.165) is 17.7 Å². The van der Waals surface area contributed by atoms with Gasteiger partial charge in [-0.1, -0.05) is 30.3 Å². The lowest BCUT2D eigenvalue weighted by molar-refractivity contribution is -0.122. The average molecular weight is 405 g/mol. The minimum Gasteiger partial charge on any atom is -0.351 e. The van der Waals surface area contributed by atoms with E-state index in [0.29, 0.717) is 39.1 Å². The standard InChI is InChI=1S/C20H24FN3O3S/c21-18-7-9-19(10-8-18)28(26,27)24-12-4-11-23(13-14-24)16-20(25)22-15-17-5-2-1-3-6-17/h1-3,5-10H,4,11-16H2,(H,22,25). The fraction of sp³-hybridized carbons (Fsp3) is 0.350. The van der Waals surface area contributed by atoms with Crippen molar-refractivity contribution >= 4 is 15.9 Å². The summed E-state index contributed by atoms with van der Waals surface area (Å²) in [4.78, 5) is 14.3. The number of hydrogen-bond donors (Lipinski definition) is 1. The largest absolute Gasteiger partial charge is 0.351 e. The number of hydrogen-bond acceptors (Lipinski definition) is 4. The number of rotatable bonds is 6. The van der Waals surface area contributed by atoms with Crippen LogP contribution in [-0.4, -0.2) is 56.3 Å². The van der Waals surface area contributed by atoms with Crippen LogP contribution in [0, 0.1) is 5.82 Å². The van der Waals surface area contributed by atoms with Crippen LogP contribution in [0.5, 0.6) is 0 Å². The van der Waals surface area contributed by atoms with Crippen LogP contribution in [0.2, 0.25) is 0 Å². The number of carbonyl (C=O) groups excluding carboxylic acids is 1. The Labute approximate surface area is 165 Å². The fourth-order valence-corrected chi connectivity index (χ4v) is 4.63. The summed E-state index contributed by atoms with van der Waals surface area (Å²) in [6.07, 6.45) is 0.631. The molecule has 0 unspecified atom stereocenters. The summed E-state index contributed by atoms with van der Waals surface area (Å²) in [5.41, 5.74) is 1.03. The highest BCUT2D eigenvalue weighted by molar-refractivity contribution is 7.89. The molecule has 8 heteroatoms. The Hall–Kier alpha value is -2.29. The van der Waals surface area contributed by atoms with E-state index < -0.39 is 15.8 Å². The van der Waals surface area contributed by atoms with Crippen molar-refractivity contribution in [2.45, 2.75) is 17.9 Å². The summed E-state index contributed by atoms with van der Waals surface area (Å²) in [5, 5.41) is 2.89. The molecule has 1 N–H and O–H groups in total. The predicted octanol–water partition coefficient (Wildman–Crippen LogP) is 1.84. The molecule has 1 amide bonds. The second-order valence-electron chi connectivity index (χ2n) is 6.75. The SMILES string of the molecule is O=C(CN1CCCN(S(=O)(=O)c2ccc(F)cc2)CC1)NCc1ccccc1. The number of nitrogens with zero attached hydrogens (tertiary/aromatic N) is 2. The number of sulfonamides is 1. The van der Waals surface area contributed by atoms with E-state index in [4.69, 9.17) is 0 Å². The van der Waals surface area contributed by atoms with Crippen molar-refractivity contribution in [2.24, 2.45) is 0 Å². The average Bonchev–Trinajstić information content (AvgIpc) is 2.94. The van der Waals surface area contributed by atoms with Crippen LogP contribution in [0.25, 0.3) is 0 Å². The molecule has 0 bridgehead atoms. The Morgan fingerprint density at radius 3 is 2.39 bits per heavy atom. The van der Waals surface area contributed by atoms with Gasteiger partial charge in [-0.25, -0.2) is 12.8 Å². The van der Waals surface area contributed by atoms with Crippen molar-refractivity contribution in [3.8, 4) is 0 Å². The molecule has 150 valence electrons. The van der Waals surface area contributed by atoms with Crippen molar-refractivity contribution in [2.75, 3.05) is 32.7 Å². The molecule has 0 spiro atoms. The molecule has 0 aromatic heterocycles. The molecule has 6 nitrogen and oxygen atoms in total. The van der Waals surface area contributed by atoms with E-state index in [1.807, 2.05) is 35.2 Å². The Bertz CT molecular complexity index is 889. The molecule has 1 fully saturated rings. The normalized spacial score (nSPS) is 16.5. The van der Waals surface area contributed by atoms with Gasteiger partial charge in [0.05, 0.1) is 11.4 Å². The van der Waals surface area contributed by atoms with Crippen LogP contribution in [0.3, 0.4) is 0 Å². The lowest BCUT2D eigenvalue weighted by Crippen LogP contribution is -2.39. The van der Waals surface area contributed by atoms with Crippen LogP contribution < -0.4 is 5.32 Å². The quantitative estimate of drug-likeness (QED) is 0.796. The monoisotopic (exact) mass is 405 g/mol. The van der Waals surface area contributed by atoms with Gasteiger partial charge in [0.2, 0.25) is 15.9 Å². The van der Waals surface area contributed by atoms with Gasteiger partial charge < -0.3 is 5.32 Å². The second kappa shape index (κ2) is 9.27. The first-order valence-electron chi connectivity index (χ1n) is 9.24. The van der Waals surface area contributed by atoms with Crippen LogP contribution in [0.4, 0.5) is 4.39 Å². The molecule has 3 rings (SSSR count). The molecule has 1 aliphatic heterocycles. The molecule has 0 aliphatic carbocycles. The molecular formula is C20H24FN3O3S. The van der Waals surface area contributed by atoms with E-state index in [-0.39, 0.29) is 17.3 Å². The minimum atomic E-state index is -3.66. The van der Waals surface area contributed by atoms with Crippen molar-refractivity contribution < 1.29 is 17.6 Å². The van der Waals surface area contributed by atoms with Gasteiger partial charge in [-0.2, -0.15) is 4.31 Å². The zero-order valence-electron chi connectivity index (χ0n) is 15.6. The number of halogens is 1. The van der Waals surface area contributed by atoms with Crippen LogP contribution in [-0.2, 0) is 21.4 Å². The number of amides is 1. The van der Waals surface area contributed by atoms with Gasteiger partial charge in [0, 0.05) is 26.2 Å². The lowest BCUT2D eigenvalue weighted by Gasteiger charge is -2.21. The highest BCUT2D eigenvalue weighted by Gasteiger charge is 2.27. The summed E-state index contributed by atoms with van der Waals surface area (Å²) in [6, 6.07) is 14.5. The maximum Gasteiger partial charge on any atom is 0.243 e. The number of benzene rings is 2. The zero-order valence-corrected chi connectivity index (χ0v) is 16.4. The first kappa shape index (κ1) is 20.4. The van der Waals surface area contributed by atoms with E-state index in [2.05, 4.69) is 5.32 Å². The molecular weight excluding hydrogens is 381 g/mol. The van der Waals surface area contributed by atoms with E-state index in [9.17, 15) is 17.6 Å². The van der Waals surface area contributed by atoms with Gasteiger partial charge in [-0.05, 0) is 42.8 Å². The third-order valence-corrected chi connectivity index (χ3v) is 6.61. The third kappa shape index (κ3) is 5.37. The van der Waals surface area contributed by atoms with Crippen LogP contribution in [0.1, 0.15) is 12.0 Å². The molecule has 2 aromatic rings. The third-order valence-electron chi connectivity index (χ3n) is 4.70. The smallest absolute Gasteiger partial charge is 0.243 e. The molecule has 2 aromatic carbocycles. The number of carbonyl (C=O) groups is 1. The van der Waals surface area contributed by atoms with Crippen molar-refractivity contribution in [1.82, 2.24) is 14.5 Å². The maximum absolute atomic E-state index is 13.1. The first-order chi connectivity index (χ1) is 13.4. The van der Waals surface area contributed by atoms with Crippen molar-refractivity contribution in [1.29, 1.82) is 0 Å². The van der Waals surface area contributed by atoms with Gasteiger partial charge in [-0.3, -0.25) is 9.69 Å². The summed E-state index contributed by atoms with van der Waals surface area (Å²) in [7, 11) is -3.66. The van der Waals surface area contributed by atoms with Gasteiger partial charge >= 0.3 is 0 Å². The summed E-state index contributed by atoms with van der Waals surface area (Å²) >= 11 is 0. The summed E-state index contributed by atoms with van der Waals surface area (Å²) in [5.74, 6) is -0.554. The molecule has 0 atom stereocenters. The topological polar surface area (TPSA) is 69.7 Å². The molecule has 28 heavy (non-hydrogen) atoms. The van der Waals surface area contributed by atoms with Crippen LogP contribution in [0.15, 0.2) is 59.5 Å². The summed E-state index contributed by atoms with van der Waals surface area (Å²) in [6.45, 7) is 2.50. The van der Waals surface area contributed by atoms with E-state index >= 15 is 0 Å². The van der Waals surface area contributed by atoms with E-state index in [1.165, 1.54) is 16.4 Å². The lowest BCUT2D eigenvalue weighted by atomic mass is 10.2. The molecule has 0 saturated carbocycles. The van der Waals surface area contributed by atoms with Gasteiger partial charge in [-0.15, -0.1) is 0 Å². The first-order valence-corrected chi connectivity index (χ1v) is 10.7. The minimum absolute atomic E-state index is 0.0845. The van der Waals surface area contributed by atoms with Gasteiger partial charge in [0.15, 0.2) is 0 Å². The molecule has 1 aliphatic rings. The second-order valence-corrected chi connectivity index (χ2v) is 8.69. The fourth-order valence-electron chi connectivity index (χ4n) is 3.16. The molecule has 0 radical (unpaired) electrons. The maximum atomic E-state index is 13.1. The number of nitrogens with one attached hydrogen (secondary N) is 1. The Balaban J connectivity index is 1.53. The Morgan fingerprint density at radius 2 is 1.68 bits per heavy atom. The highest BCUT2D eigenvalue weighted by Crippen LogP contribution is 2.18. The molecule has 1 saturated heterocycles. The molecule has 1 heterocycles.